The highest BCUT2D eigenvalue weighted by Crippen LogP contribution is 2.23. The van der Waals surface area contributed by atoms with E-state index >= 15 is 0 Å². The van der Waals surface area contributed by atoms with Gasteiger partial charge in [-0.05, 0) is 50.3 Å². The van der Waals surface area contributed by atoms with Crippen molar-refractivity contribution >= 4 is 11.9 Å². The summed E-state index contributed by atoms with van der Waals surface area (Å²) < 4.78 is 11.4. The summed E-state index contributed by atoms with van der Waals surface area (Å²) in [4.78, 5) is 16.7. The number of aliphatic imine (C=N–C) groups is 1. The van der Waals surface area contributed by atoms with E-state index in [1.165, 1.54) is 0 Å². The largest absolute Gasteiger partial charge is 0.376 e. The van der Waals surface area contributed by atoms with E-state index in [-0.39, 0.29) is 17.6 Å². The lowest BCUT2D eigenvalue weighted by atomic mass is 10.0. The highest BCUT2D eigenvalue weighted by molar-refractivity contribution is 5.94. The lowest BCUT2D eigenvalue weighted by Gasteiger charge is -2.24. The lowest BCUT2D eigenvalue weighted by Crippen LogP contribution is -2.45. The SMILES string of the molecule is CN=C(NCc1cccc(C(=O)NCC2CCCO2)c1)NCC1(C)CCCO1. The Hall–Kier alpha value is -2.12. The summed E-state index contributed by atoms with van der Waals surface area (Å²) >= 11 is 0. The number of rotatable bonds is 7. The van der Waals surface area contributed by atoms with Crippen molar-refractivity contribution in [1.29, 1.82) is 0 Å². The molecule has 1 aromatic carbocycles. The zero-order valence-corrected chi connectivity index (χ0v) is 16.9. The molecule has 0 spiro atoms. The molecule has 7 nitrogen and oxygen atoms in total. The van der Waals surface area contributed by atoms with E-state index in [2.05, 4.69) is 27.9 Å². The van der Waals surface area contributed by atoms with Crippen LogP contribution in [0.2, 0.25) is 0 Å². The van der Waals surface area contributed by atoms with Crippen molar-refractivity contribution in [2.75, 3.05) is 33.4 Å². The van der Waals surface area contributed by atoms with Crippen molar-refractivity contribution in [1.82, 2.24) is 16.0 Å². The Labute approximate surface area is 167 Å². The molecule has 3 rings (SSSR count). The van der Waals surface area contributed by atoms with Crippen LogP contribution in [0.4, 0.5) is 0 Å². The fourth-order valence-corrected chi connectivity index (χ4v) is 3.59. The first-order chi connectivity index (χ1) is 13.6. The van der Waals surface area contributed by atoms with Gasteiger partial charge in [-0.25, -0.2) is 0 Å². The van der Waals surface area contributed by atoms with Gasteiger partial charge in [0.25, 0.3) is 5.91 Å². The van der Waals surface area contributed by atoms with Crippen LogP contribution >= 0.6 is 0 Å². The second-order valence-corrected chi connectivity index (χ2v) is 7.73. The van der Waals surface area contributed by atoms with Crippen LogP contribution in [-0.4, -0.2) is 56.9 Å². The van der Waals surface area contributed by atoms with Crippen LogP contribution in [0.15, 0.2) is 29.3 Å². The molecule has 0 aliphatic carbocycles. The van der Waals surface area contributed by atoms with Gasteiger partial charge in [-0.1, -0.05) is 12.1 Å². The third kappa shape index (κ3) is 5.94. The first kappa shape index (κ1) is 20.6. The van der Waals surface area contributed by atoms with Gasteiger partial charge in [0.15, 0.2) is 5.96 Å². The number of ether oxygens (including phenoxy) is 2. The standard InChI is InChI=1S/C21H32N4O3/c1-21(9-5-11-28-21)15-25-20(22-2)24-13-16-6-3-7-17(12-16)19(26)23-14-18-8-4-10-27-18/h3,6-7,12,18H,4-5,8-11,13-15H2,1-2H3,(H,23,26)(H2,22,24,25). The summed E-state index contributed by atoms with van der Waals surface area (Å²) in [6, 6.07) is 7.65. The number of hydrogen-bond donors (Lipinski definition) is 3. The molecule has 2 saturated heterocycles. The molecule has 2 atom stereocenters. The summed E-state index contributed by atoms with van der Waals surface area (Å²) in [5.41, 5.74) is 1.56. The predicted octanol–water partition coefficient (Wildman–Crippen LogP) is 1.83. The van der Waals surface area contributed by atoms with Gasteiger partial charge in [0.2, 0.25) is 0 Å². The molecule has 3 N–H and O–H groups in total. The number of carbonyl (C=O) groups is 1. The summed E-state index contributed by atoms with van der Waals surface area (Å²) in [5, 5.41) is 9.60. The Morgan fingerprint density at radius 3 is 2.86 bits per heavy atom. The molecule has 0 aromatic heterocycles. The van der Waals surface area contributed by atoms with Crippen molar-refractivity contribution in [3.05, 3.63) is 35.4 Å². The number of benzene rings is 1. The molecule has 1 amide bonds. The molecule has 0 radical (unpaired) electrons. The van der Waals surface area contributed by atoms with Crippen LogP contribution in [0.3, 0.4) is 0 Å². The molecular formula is C21H32N4O3. The average Bonchev–Trinajstić information content (AvgIpc) is 3.38. The van der Waals surface area contributed by atoms with Crippen LogP contribution in [0.25, 0.3) is 0 Å². The highest BCUT2D eigenvalue weighted by atomic mass is 16.5. The number of carbonyl (C=O) groups excluding carboxylic acids is 1. The predicted molar refractivity (Wildman–Crippen MR) is 110 cm³/mol. The zero-order chi connectivity index (χ0) is 19.8. The third-order valence-electron chi connectivity index (χ3n) is 5.32. The van der Waals surface area contributed by atoms with Gasteiger partial charge in [0.1, 0.15) is 0 Å². The van der Waals surface area contributed by atoms with Gasteiger partial charge < -0.3 is 25.4 Å². The molecule has 2 aliphatic rings. The van der Waals surface area contributed by atoms with Crippen molar-refractivity contribution in [3.63, 3.8) is 0 Å². The molecule has 154 valence electrons. The molecular weight excluding hydrogens is 356 g/mol. The van der Waals surface area contributed by atoms with Crippen LogP contribution < -0.4 is 16.0 Å². The van der Waals surface area contributed by atoms with E-state index in [0.717, 1.165) is 57.0 Å². The van der Waals surface area contributed by atoms with E-state index in [4.69, 9.17) is 9.47 Å². The monoisotopic (exact) mass is 388 g/mol. The van der Waals surface area contributed by atoms with E-state index in [1.807, 2.05) is 24.3 Å². The molecule has 28 heavy (non-hydrogen) atoms. The van der Waals surface area contributed by atoms with Gasteiger partial charge in [0.05, 0.1) is 11.7 Å². The maximum Gasteiger partial charge on any atom is 0.251 e. The molecule has 1 aromatic rings. The summed E-state index contributed by atoms with van der Waals surface area (Å²) in [7, 11) is 1.75. The average molecular weight is 389 g/mol. The number of hydrogen-bond acceptors (Lipinski definition) is 4. The number of amides is 1. The minimum Gasteiger partial charge on any atom is -0.376 e. The molecule has 2 aliphatic heterocycles. The Morgan fingerprint density at radius 2 is 2.14 bits per heavy atom. The molecule has 2 unspecified atom stereocenters. The molecule has 0 bridgehead atoms. The molecule has 7 heteroatoms. The van der Waals surface area contributed by atoms with Gasteiger partial charge in [-0.15, -0.1) is 0 Å². The van der Waals surface area contributed by atoms with Gasteiger partial charge in [0, 0.05) is 45.5 Å². The lowest BCUT2D eigenvalue weighted by molar-refractivity contribution is 0.0243. The van der Waals surface area contributed by atoms with Crippen molar-refractivity contribution in [2.24, 2.45) is 4.99 Å². The minimum absolute atomic E-state index is 0.0637. The van der Waals surface area contributed by atoms with Crippen LogP contribution in [0.1, 0.15) is 48.5 Å². The normalized spacial score (nSPS) is 24.9. The topological polar surface area (TPSA) is 84.0 Å². The maximum atomic E-state index is 12.4. The third-order valence-corrected chi connectivity index (χ3v) is 5.32. The Kier molecular flexibility index (Phi) is 7.28. The zero-order valence-electron chi connectivity index (χ0n) is 16.9. The number of nitrogens with one attached hydrogen (secondary N) is 3. The van der Waals surface area contributed by atoms with Crippen molar-refractivity contribution in [2.45, 2.75) is 50.9 Å². The van der Waals surface area contributed by atoms with Crippen LogP contribution in [-0.2, 0) is 16.0 Å². The first-order valence-electron chi connectivity index (χ1n) is 10.2. The van der Waals surface area contributed by atoms with E-state index in [9.17, 15) is 4.79 Å². The van der Waals surface area contributed by atoms with Crippen molar-refractivity contribution < 1.29 is 14.3 Å². The van der Waals surface area contributed by atoms with E-state index in [0.29, 0.717) is 18.7 Å². The second kappa shape index (κ2) is 9.89. The Morgan fingerprint density at radius 1 is 1.25 bits per heavy atom. The maximum absolute atomic E-state index is 12.4. The van der Waals surface area contributed by atoms with Crippen LogP contribution in [0.5, 0.6) is 0 Å². The van der Waals surface area contributed by atoms with Crippen molar-refractivity contribution in [3.8, 4) is 0 Å². The molecule has 0 saturated carbocycles. The Balaban J connectivity index is 1.46. The van der Waals surface area contributed by atoms with Gasteiger partial charge in [-0.3, -0.25) is 9.79 Å². The highest BCUT2D eigenvalue weighted by Gasteiger charge is 2.29. The quantitative estimate of drug-likeness (QED) is 0.490. The van der Waals surface area contributed by atoms with Gasteiger partial charge in [-0.2, -0.15) is 0 Å². The number of guanidine groups is 1. The first-order valence-corrected chi connectivity index (χ1v) is 10.2. The molecule has 2 fully saturated rings. The van der Waals surface area contributed by atoms with E-state index in [1.54, 1.807) is 7.05 Å². The fraction of sp³-hybridized carbons (Fsp3) is 0.619. The smallest absolute Gasteiger partial charge is 0.251 e. The summed E-state index contributed by atoms with van der Waals surface area (Å²) in [6.07, 6.45) is 4.39. The second-order valence-electron chi connectivity index (χ2n) is 7.73. The van der Waals surface area contributed by atoms with Crippen LogP contribution in [0, 0.1) is 0 Å². The number of nitrogens with zero attached hydrogens (tertiary/aromatic N) is 1. The summed E-state index contributed by atoms with van der Waals surface area (Å²) in [5.74, 6) is 0.663. The minimum atomic E-state index is -0.126. The summed E-state index contributed by atoms with van der Waals surface area (Å²) in [6.45, 7) is 5.62. The van der Waals surface area contributed by atoms with Gasteiger partial charge >= 0.3 is 0 Å². The Bertz CT molecular complexity index is 680. The fourth-order valence-electron chi connectivity index (χ4n) is 3.59. The van der Waals surface area contributed by atoms with E-state index < -0.39 is 0 Å². The molecule has 2 heterocycles.